The number of ether oxygens (including phenoxy) is 2. The predicted octanol–water partition coefficient (Wildman–Crippen LogP) is 8.01. The van der Waals surface area contributed by atoms with Crippen molar-refractivity contribution >= 4 is 16.7 Å². The molecule has 1 aliphatic rings. The van der Waals surface area contributed by atoms with Crippen LogP contribution in [0.15, 0.2) is 34.9 Å². The van der Waals surface area contributed by atoms with Gasteiger partial charge in [-0.1, -0.05) is 29.4 Å². The molecule has 208 valence electrons. The van der Waals surface area contributed by atoms with E-state index in [9.17, 15) is 48.7 Å². The molecule has 5 nitrogen and oxygen atoms in total. The second-order valence-electron chi connectivity index (χ2n) is 8.36. The van der Waals surface area contributed by atoms with Crippen molar-refractivity contribution in [2.45, 2.75) is 0 Å². The lowest BCUT2D eigenvalue weighted by molar-refractivity contribution is 0.103. The summed E-state index contributed by atoms with van der Waals surface area (Å²) in [6.45, 7) is 0. The summed E-state index contributed by atoms with van der Waals surface area (Å²) in [6.07, 6.45) is 0. The van der Waals surface area contributed by atoms with Crippen LogP contribution in [0.1, 0.15) is 15.9 Å². The SMILES string of the molecule is O=C1c2ccccc2-c2onc3c(Oc4c(F)c(F)c(F)c(F)c4F)cc(Oc4c(F)c(F)c(F)c(F)c4F)c1c23. The number of carbonyl (C=O) groups excluding carboxylic acids is 1. The van der Waals surface area contributed by atoms with E-state index in [0.29, 0.717) is 6.07 Å². The van der Waals surface area contributed by atoms with E-state index >= 15 is 0 Å². The molecule has 0 fully saturated rings. The number of carbonyl (C=O) groups is 1. The molecule has 41 heavy (non-hydrogen) atoms. The zero-order valence-corrected chi connectivity index (χ0v) is 19.2. The normalized spacial score (nSPS) is 12.2. The zero-order valence-electron chi connectivity index (χ0n) is 19.2. The van der Waals surface area contributed by atoms with Crippen LogP contribution in [0.5, 0.6) is 23.0 Å². The molecule has 15 heteroatoms. The summed E-state index contributed by atoms with van der Waals surface area (Å²) in [6, 6.07) is 6.01. The Kier molecular flexibility index (Phi) is 5.72. The molecule has 0 unspecified atom stereocenters. The van der Waals surface area contributed by atoms with Crippen molar-refractivity contribution in [3.8, 4) is 34.3 Å². The van der Waals surface area contributed by atoms with E-state index in [0.717, 1.165) is 0 Å². The third-order valence-electron chi connectivity index (χ3n) is 6.09. The van der Waals surface area contributed by atoms with Crippen molar-refractivity contribution in [3.05, 3.63) is 99.6 Å². The largest absolute Gasteiger partial charge is 0.450 e. The third-order valence-corrected chi connectivity index (χ3v) is 6.09. The van der Waals surface area contributed by atoms with Gasteiger partial charge in [0.1, 0.15) is 5.75 Å². The monoisotopic (exact) mass is 585 g/mol. The Bertz CT molecular complexity index is 1930. The number of benzene rings is 4. The fourth-order valence-corrected chi connectivity index (χ4v) is 4.22. The van der Waals surface area contributed by atoms with Gasteiger partial charge < -0.3 is 14.0 Å². The van der Waals surface area contributed by atoms with E-state index in [1.54, 1.807) is 0 Å². The van der Waals surface area contributed by atoms with Crippen molar-refractivity contribution < 1.29 is 62.7 Å². The number of nitrogens with zero attached hydrogens (tertiary/aromatic N) is 1. The van der Waals surface area contributed by atoms with Crippen molar-refractivity contribution in [2.24, 2.45) is 0 Å². The van der Waals surface area contributed by atoms with Crippen LogP contribution in [0.2, 0.25) is 0 Å². The van der Waals surface area contributed by atoms with Crippen LogP contribution in [0, 0.1) is 58.2 Å². The van der Waals surface area contributed by atoms with Crippen molar-refractivity contribution in [1.82, 2.24) is 5.16 Å². The fraction of sp³-hybridized carbons (Fsp3) is 0. The Labute approximate surface area is 219 Å². The van der Waals surface area contributed by atoms with E-state index in [1.165, 1.54) is 24.3 Å². The molecule has 0 amide bonds. The zero-order chi connectivity index (χ0) is 29.5. The number of hydrogen-bond acceptors (Lipinski definition) is 5. The van der Waals surface area contributed by atoms with E-state index in [2.05, 4.69) is 5.16 Å². The van der Waals surface area contributed by atoms with Gasteiger partial charge in [-0.2, -0.15) is 17.6 Å². The predicted molar refractivity (Wildman–Crippen MR) is 115 cm³/mol. The molecule has 0 radical (unpaired) electrons. The van der Waals surface area contributed by atoms with E-state index in [4.69, 9.17) is 14.0 Å². The molecule has 4 aromatic carbocycles. The number of rotatable bonds is 4. The second-order valence-corrected chi connectivity index (χ2v) is 8.36. The van der Waals surface area contributed by atoms with Gasteiger partial charge in [0.05, 0.1) is 10.9 Å². The molecular formula is C26H5F10NO4. The van der Waals surface area contributed by atoms with Crippen LogP contribution in [0.4, 0.5) is 43.9 Å². The molecule has 5 aromatic rings. The molecule has 0 aliphatic heterocycles. The summed E-state index contributed by atoms with van der Waals surface area (Å²) in [7, 11) is 0. The molecule has 1 aliphatic carbocycles. The molecule has 6 rings (SSSR count). The molecule has 1 heterocycles. The fourth-order valence-electron chi connectivity index (χ4n) is 4.22. The molecule has 0 bridgehead atoms. The standard InChI is InChI=1S/C26H5F10NO4/c27-12-14(29)18(33)25(19(34)15(12)30)39-8-5-9(40-26-20(35)16(31)13(28)17(32)21(26)36)22-11-10(8)23(38)6-3-1-2-4-7(6)24(11)41-37-22/h1-5H. The molecule has 0 atom stereocenters. The number of fused-ring (bicyclic) bond motifs is 2. The lowest BCUT2D eigenvalue weighted by Crippen LogP contribution is -2.12. The average molecular weight is 585 g/mol. The quantitative estimate of drug-likeness (QED) is 0.119. The molecule has 0 saturated carbocycles. The van der Waals surface area contributed by atoms with Crippen molar-refractivity contribution in [3.63, 3.8) is 0 Å². The minimum absolute atomic E-state index is 0.0862. The molecule has 0 saturated heterocycles. The van der Waals surface area contributed by atoms with Gasteiger partial charge in [-0.15, -0.1) is 0 Å². The summed E-state index contributed by atoms with van der Waals surface area (Å²) < 4.78 is 155. The minimum Gasteiger partial charge on any atom is -0.450 e. The first-order chi connectivity index (χ1) is 19.4. The van der Waals surface area contributed by atoms with Crippen molar-refractivity contribution in [2.75, 3.05) is 0 Å². The van der Waals surface area contributed by atoms with Crippen LogP contribution in [0.3, 0.4) is 0 Å². The first-order valence-corrected chi connectivity index (χ1v) is 10.9. The highest BCUT2D eigenvalue weighted by Gasteiger charge is 2.37. The molecule has 1 aromatic heterocycles. The van der Waals surface area contributed by atoms with Gasteiger partial charge in [0.25, 0.3) is 0 Å². The van der Waals surface area contributed by atoms with Gasteiger partial charge in [-0.25, -0.2) is 26.3 Å². The summed E-state index contributed by atoms with van der Waals surface area (Å²) in [5.74, 6) is -31.3. The van der Waals surface area contributed by atoms with Crippen molar-refractivity contribution in [1.29, 1.82) is 0 Å². The Morgan fingerprint density at radius 3 is 1.54 bits per heavy atom. The van der Waals surface area contributed by atoms with Crippen LogP contribution in [-0.2, 0) is 0 Å². The van der Waals surface area contributed by atoms with Crippen LogP contribution >= 0.6 is 0 Å². The highest BCUT2D eigenvalue weighted by molar-refractivity contribution is 6.26. The Morgan fingerprint density at radius 1 is 0.585 bits per heavy atom. The first kappa shape index (κ1) is 26.2. The van der Waals surface area contributed by atoms with Gasteiger partial charge in [0.15, 0.2) is 22.8 Å². The van der Waals surface area contributed by atoms with E-state index < -0.39 is 103 Å². The number of halogens is 10. The number of aromatic nitrogens is 1. The van der Waals surface area contributed by atoms with Crippen LogP contribution in [-0.4, -0.2) is 10.9 Å². The van der Waals surface area contributed by atoms with Gasteiger partial charge in [-0.05, 0) is 0 Å². The maximum atomic E-state index is 14.5. The maximum Gasteiger partial charge on any atom is 0.207 e. The Balaban J connectivity index is 1.65. The summed E-state index contributed by atoms with van der Waals surface area (Å²) in [5.41, 5.74) is -1.19. The summed E-state index contributed by atoms with van der Waals surface area (Å²) in [4.78, 5) is 13.4. The summed E-state index contributed by atoms with van der Waals surface area (Å²) in [5, 5.41) is 3.24. The highest BCUT2D eigenvalue weighted by atomic mass is 19.2. The minimum atomic E-state index is -2.52. The summed E-state index contributed by atoms with van der Waals surface area (Å²) >= 11 is 0. The second kappa shape index (κ2) is 8.97. The lowest BCUT2D eigenvalue weighted by Gasteiger charge is -2.19. The van der Waals surface area contributed by atoms with Gasteiger partial charge in [0.2, 0.25) is 69.7 Å². The van der Waals surface area contributed by atoms with Gasteiger partial charge >= 0.3 is 0 Å². The van der Waals surface area contributed by atoms with Gasteiger partial charge in [0, 0.05) is 17.2 Å². The lowest BCUT2D eigenvalue weighted by atomic mass is 9.87. The van der Waals surface area contributed by atoms with Crippen LogP contribution < -0.4 is 9.47 Å². The van der Waals surface area contributed by atoms with E-state index in [1.807, 2.05) is 0 Å². The average Bonchev–Trinajstić information content (AvgIpc) is 3.42. The van der Waals surface area contributed by atoms with Gasteiger partial charge in [-0.3, -0.25) is 4.79 Å². The first-order valence-electron chi connectivity index (χ1n) is 10.9. The number of ketones is 1. The van der Waals surface area contributed by atoms with Crippen LogP contribution in [0.25, 0.3) is 22.2 Å². The third kappa shape index (κ3) is 3.57. The molecule has 0 spiro atoms. The van der Waals surface area contributed by atoms with E-state index in [-0.39, 0.29) is 16.9 Å². The smallest absolute Gasteiger partial charge is 0.207 e. The molecular weight excluding hydrogens is 580 g/mol. The number of hydrogen-bond donors (Lipinski definition) is 0. The highest BCUT2D eigenvalue weighted by Crippen LogP contribution is 2.49. The Hall–Kier alpha value is -5.08. The molecule has 0 N–H and O–H groups in total. The Morgan fingerprint density at radius 2 is 1.02 bits per heavy atom. The topological polar surface area (TPSA) is 61.6 Å². The maximum absolute atomic E-state index is 14.5.